The molecule has 0 heterocycles. The number of carbonyl (C=O) groups excluding carboxylic acids is 2. The Balaban J connectivity index is 1.73. The van der Waals surface area contributed by atoms with Crippen LogP contribution in [0.15, 0.2) is 40.9 Å². The molecule has 1 saturated carbocycles. The van der Waals surface area contributed by atoms with Crippen LogP contribution in [0, 0.1) is 29.2 Å². The van der Waals surface area contributed by atoms with Gasteiger partial charge in [0, 0.05) is 22.7 Å². The highest BCUT2D eigenvalue weighted by Gasteiger charge is 2.68. The zero-order valence-corrected chi connectivity index (χ0v) is 21.5. The lowest BCUT2D eigenvalue weighted by Crippen LogP contribution is -2.19. The summed E-state index contributed by atoms with van der Waals surface area (Å²) in [6.45, 7) is 0. The predicted octanol–water partition coefficient (Wildman–Crippen LogP) is 6.53. The Bertz CT molecular complexity index is 1450. The number of halogens is 8. The Kier molecular flexibility index (Phi) is 6.93. The van der Waals surface area contributed by atoms with Gasteiger partial charge in [-0.05, 0) is 57.9 Å². The van der Waals surface area contributed by atoms with Crippen LogP contribution in [0.1, 0.15) is 21.8 Å². The van der Waals surface area contributed by atoms with Crippen molar-refractivity contribution < 1.29 is 27.2 Å². The Labute approximate surface area is 224 Å². The van der Waals surface area contributed by atoms with Gasteiger partial charge >= 0.3 is 0 Å². The van der Waals surface area contributed by atoms with Gasteiger partial charge in [0.1, 0.15) is 27.5 Å². The van der Waals surface area contributed by atoms with Crippen LogP contribution in [-0.4, -0.2) is 16.1 Å². The maximum absolute atomic E-state index is 14.7. The zero-order valence-electron chi connectivity index (χ0n) is 17.6. The third-order valence-corrected chi connectivity index (χ3v) is 7.64. The number of rotatable bonds is 5. The van der Waals surface area contributed by atoms with Crippen molar-refractivity contribution in [1.82, 2.24) is 0 Å². The van der Waals surface area contributed by atoms with Crippen molar-refractivity contribution in [1.29, 1.82) is 0 Å². The summed E-state index contributed by atoms with van der Waals surface area (Å²) in [4.78, 5) is 25.0. The van der Waals surface area contributed by atoms with E-state index in [1.54, 1.807) is 0 Å². The van der Waals surface area contributed by atoms with Gasteiger partial charge in [-0.3, -0.25) is 9.59 Å². The van der Waals surface area contributed by atoms with Crippen molar-refractivity contribution in [3.8, 4) is 11.1 Å². The first-order chi connectivity index (χ1) is 16.7. The minimum atomic E-state index is -1.78. The Morgan fingerprint density at radius 1 is 1.00 bits per heavy atom. The quantitative estimate of drug-likeness (QED) is 0.130. The number of carbonyl (C=O) groups is 2. The molecular weight excluding hydrogens is 613 g/mol. The number of primary amides is 1. The van der Waals surface area contributed by atoms with Crippen LogP contribution in [0.4, 0.5) is 28.9 Å². The van der Waals surface area contributed by atoms with Crippen LogP contribution in [0.2, 0.25) is 5.02 Å². The summed E-state index contributed by atoms with van der Waals surface area (Å²) < 4.78 is 54.9. The molecule has 0 bridgehead atoms. The Morgan fingerprint density at radius 2 is 1.67 bits per heavy atom. The normalized spacial score (nSPS) is 18.1. The number of hydrogen-bond donors (Lipinski definition) is 3. The number of benzene rings is 3. The average Bonchev–Trinajstić information content (AvgIpc) is 3.37. The topological polar surface area (TPSA) is 98.2 Å². The molecule has 1 aliphatic carbocycles. The third kappa shape index (κ3) is 4.51. The summed E-state index contributed by atoms with van der Waals surface area (Å²) in [5, 5.41) is 2.18. The highest BCUT2D eigenvalue weighted by Crippen LogP contribution is 2.65. The highest BCUT2D eigenvalue weighted by atomic mass is 79.9. The molecule has 0 aliphatic heterocycles. The lowest BCUT2D eigenvalue weighted by Gasteiger charge is -2.14. The highest BCUT2D eigenvalue weighted by molar-refractivity contribution is 9.10. The summed E-state index contributed by atoms with van der Waals surface area (Å²) >= 11 is 21.6. The fourth-order valence-corrected chi connectivity index (χ4v) is 5.47. The van der Waals surface area contributed by atoms with E-state index in [4.69, 9.17) is 46.3 Å². The maximum Gasteiger partial charge on any atom is 0.250 e. The molecule has 0 spiro atoms. The summed E-state index contributed by atoms with van der Waals surface area (Å²) in [6.07, 6.45) is 0. The molecule has 0 aromatic heterocycles. The van der Waals surface area contributed by atoms with Crippen molar-refractivity contribution >= 4 is 73.9 Å². The number of amides is 2. The SMILES string of the molecule is NC(=O)c1cc(NC(=O)[C@H]2[C@@H](c3cc(F)cc(Br)c3F)C2(Cl)Cl)cc(-c2ccc(F)c(N)c2F)c1Cl. The molecule has 2 amide bonds. The van der Waals surface area contributed by atoms with E-state index >= 15 is 0 Å². The van der Waals surface area contributed by atoms with Gasteiger partial charge in [0.2, 0.25) is 11.8 Å². The summed E-state index contributed by atoms with van der Waals surface area (Å²) in [6, 6.07) is 6.05. The van der Waals surface area contributed by atoms with Crippen LogP contribution in [0.3, 0.4) is 0 Å². The van der Waals surface area contributed by atoms with E-state index < -0.39 is 56.9 Å². The van der Waals surface area contributed by atoms with Crippen molar-refractivity contribution in [2.75, 3.05) is 11.1 Å². The molecule has 3 aromatic rings. The largest absolute Gasteiger partial charge is 0.394 e. The van der Waals surface area contributed by atoms with Gasteiger partial charge in [-0.2, -0.15) is 0 Å². The van der Waals surface area contributed by atoms with Crippen LogP contribution >= 0.6 is 50.7 Å². The van der Waals surface area contributed by atoms with E-state index in [0.29, 0.717) is 0 Å². The second-order valence-electron chi connectivity index (χ2n) is 7.98. The molecular formula is C23H13BrCl3F4N3O2. The molecule has 3 aromatic carbocycles. The summed E-state index contributed by atoms with van der Waals surface area (Å²) in [7, 11) is 0. The molecule has 4 rings (SSSR count). The fourth-order valence-electron chi connectivity index (χ4n) is 3.91. The van der Waals surface area contributed by atoms with Crippen molar-refractivity contribution in [3.63, 3.8) is 0 Å². The van der Waals surface area contributed by atoms with Gasteiger partial charge in [0.05, 0.1) is 21.0 Å². The van der Waals surface area contributed by atoms with Crippen LogP contribution in [0.25, 0.3) is 11.1 Å². The van der Waals surface area contributed by atoms with Gasteiger partial charge in [-0.1, -0.05) is 11.6 Å². The summed E-state index contributed by atoms with van der Waals surface area (Å²) in [5.74, 6) is -7.92. The fraction of sp³-hybridized carbons (Fsp3) is 0.130. The molecule has 1 fully saturated rings. The number of nitrogens with one attached hydrogen (secondary N) is 1. The molecule has 188 valence electrons. The molecule has 1 aliphatic rings. The van der Waals surface area contributed by atoms with Gasteiger partial charge in [-0.25, -0.2) is 17.6 Å². The minimum Gasteiger partial charge on any atom is -0.394 e. The standard InChI is InChI=1S/C23H13BrCl3F4N3O2/c24-13-4-7(28)3-11(18(13)30)15-16(23(15,26)27)22(36)34-8-5-10(17(25)12(6-8)21(33)35)9-1-2-14(29)20(32)19(9)31/h1-6,15-16H,32H2,(H2,33,35)(H,34,36)/t15-,16-/m1/s1. The molecule has 5 N–H and O–H groups in total. The van der Waals surface area contributed by atoms with Gasteiger partial charge < -0.3 is 16.8 Å². The lowest BCUT2D eigenvalue weighted by atomic mass is 9.99. The molecule has 5 nitrogen and oxygen atoms in total. The van der Waals surface area contributed by atoms with Crippen molar-refractivity contribution in [2.45, 2.75) is 10.3 Å². The van der Waals surface area contributed by atoms with Crippen molar-refractivity contribution in [3.05, 3.63) is 80.3 Å². The Hall–Kier alpha value is -2.53. The number of nitrogen functional groups attached to an aromatic ring is 1. The maximum atomic E-state index is 14.7. The Morgan fingerprint density at radius 3 is 2.31 bits per heavy atom. The van der Waals surface area contributed by atoms with Crippen LogP contribution in [-0.2, 0) is 4.79 Å². The average molecular weight is 626 g/mol. The van der Waals surface area contributed by atoms with Gasteiger partial charge in [-0.15, -0.1) is 23.2 Å². The monoisotopic (exact) mass is 623 g/mol. The third-order valence-electron chi connectivity index (χ3n) is 5.71. The number of anilines is 2. The number of nitrogens with two attached hydrogens (primary N) is 2. The first kappa shape index (κ1) is 26.5. The molecule has 0 radical (unpaired) electrons. The molecule has 2 atom stereocenters. The minimum absolute atomic E-state index is 0.0776. The number of hydrogen-bond acceptors (Lipinski definition) is 3. The van der Waals surface area contributed by atoms with Crippen LogP contribution in [0.5, 0.6) is 0 Å². The van der Waals surface area contributed by atoms with E-state index in [2.05, 4.69) is 21.2 Å². The second-order valence-corrected chi connectivity index (χ2v) is 10.7. The van der Waals surface area contributed by atoms with Gasteiger partial charge in [0.25, 0.3) is 0 Å². The predicted molar refractivity (Wildman–Crippen MR) is 133 cm³/mol. The second kappa shape index (κ2) is 9.41. The van der Waals surface area contributed by atoms with Gasteiger partial charge in [0.15, 0.2) is 5.82 Å². The zero-order chi connectivity index (χ0) is 26.7. The molecule has 36 heavy (non-hydrogen) atoms. The molecule has 0 unspecified atom stereocenters. The lowest BCUT2D eigenvalue weighted by molar-refractivity contribution is -0.117. The first-order valence-corrected chi connectivity index (χ1v) is 11.9. The summed E-state index contributed by atoms with van der Waals surface area (Å²) in [5.41, 5.74) is 9.04. The van der Waals surface area contributed by atoms with E-state index in [9.17, 15) is 27.2 Å². The smallest absolute Gasteiger partial charge is 0.250 e. The first-order valence-electron chi connectivity index (χ1n) is 9.96. The van der Waals surface area contributed by atoms with Crippen molar-refractivity contribution in [2.24, 2.45) is 11.7 Å². The van der Waals surface area contributed by atoms with E-state index in [0.717, 1.165) is 30.3 Å². The van der Waals surface area contributed by atoms with E-state index in [-0.39, 0.29) is 37.4 Å². The molecule has 13 heteroatoms. The van der Waals surface area contributed by atoms with Crippen LogP contribution < -0.4 is 16.8 Å². The number of alkyl halides is 2. The van der Waals surface area contributed by atoms with E-state index in [1.807, 2.05) is 0 Å². The molecule has 0 saturated heterocycles. The van der Waals surface area contributed by atoms with E-state index in [1.165, 1.54) is 6.07 Å².